The Balaban J connectivity index is 0.000000178. The van der Waals surface area contributed by atoms with E-state index in [0.717, 1.165) is 45.1 Å². The van der Waals surface area contributed by atoms with Crippen LogP contribution in [0.15, 0.2) is 134 Å². The van der Waals surface area contributed by atoms with Gasteiger partial charge in [-0.2, -0.15) is 0 Å². The highest BCUT2D eigenvalue weighted by Gasteiger charge is 2.19. The molecule has 6 N–H and O–H groups in total. The molecule has 0 unspecified atom stereocenters. The van der Waals surface area contributed by atoms with Gasteiger partial charge in [0.05, 0.1) is 42.2 Å². The lowest BCUT2D eigenvalue weighted by molar-refractivity contribution is 0.0697. The number of nitrogens with one attached hydrogen (secondary N) is 3. The number of rotatable bonds is 11. The zero-order valence-electron chi connectivity index (χ0n) is 34.8. The van der Waals surface area contributed by atoms with Crippen molar-refractivity contribution in [3.63, 3.8) is 0 Å². The third-order valence-corrected chi connectivity index (χ3v) is 9.84. The second kappa shape index (κ2) is 21.5. The van der Waals surface area contributed by atoms with Gasteiger partial charge in [0.15, 0.2) is 0 Å². The fourth-order valence-electron chi connectivity index (χ4n) is 6.19. The first-order valence-corrected chi connectivity index (χ1v) is 20.3. The maximum absolute atomic E-state index is 13.1. The van der Waals surface area contributed by atoms with Gasteiger partial charge in [-0.05, 0) is 109 Å². The molecule has 0 aliphatic heterocycles. The van der Waals surface area contributed by atoms with Gasteiger partial charge in [-0.1, -0.05) is 71.7 Å². The zero-order valence-corrected chi connectivity index (χ0v) is 36.3. The van der Waals surface area contributed by atoms with Gasteiger partial charge in [-0.3, -0.25) is 14.8 Å². The van der Waals surface area contributed by atoms with Crippen molar-refractivity contribution in [2.75, 3.05) is 24.9 Å². The Bertz CT molecular complexity index is 2840. The Morgan fingerprint density at radius 1 is 0.635 bits per heavy atom. The first-order chi connectivity index (χ1) is 30.4. The van der Waals surface area contributed by atoms with Crippen LogP contribution in [0.1, 0.15) is 43.0 Å². The SMILES string of the molecule is COc1ccc(CN)cc1.COc1ccc(CNC(=O)c2cnc3ccc(Cl)nc3c2Nc2cccc(C)c2)cc1.Cc1cccc(Nc2c(C(=O)O)cnc3ccc(Cl)nc23)c1. The predicted molar refractivity (Wildman–Crippen MR) is 250 cm³/mol. The number of aromatic carboxylic acids is 1. The summed E-state index contributed by atoms with van der Waals surface area (Å²) < 4.78 is 10.1. The van der Waals surface area contributed by atoms with Crippen LogP contribution in [0, 0.1) is 13.8 Å². The average Bonchev–Trinajstić information content (AvgIpc) is 3.29. The number of aryl methyl sites for hydroxylation is 2. The molecular weight excluding hydrogens is 839 g/mol. The number of nitrogens with two attached hydrogens (primary N) is 1. The lowest BCUT2D eigenvalue weighted by Gasteiger charge is -2.15. The lowest BCUT2D eigenvalue weighted by atomic mass is 10.1. The van der Waals surface area contributed by atoms with E-state index in [1.165, 1.54) is 6.20 Å². The number of carboxylic acid groups (broad SMARTS) is 1. The summed E-state index contributed by atoms with van der Waals surface area (Å²) in [7, 11) is 3.27. The highest BCUT2D eigenvalue weighted by atomic mass is 35.5. The molecule has 0 fully saturated rings. The average molecular weight is 884 g/mol. The number of carboxylic acids is 1. The number of fused-ring (bicyclic) bond motifs is 2. The number of amides is 1. The summed E-state index contributed by atoms with van der Waals surface area (Å²) >= 11 is 12.1. The van der Waals surface area contributed by atoms with E-state index in [-0.39, 0.29) is 16.6 Å². The number of pyridine rings is 4. The fraction of sp³-hybridized carbons (Fsp3) is 0.125. The van der Waals surface area contributed by atoms with E-state index < -0.39 is 5.97 Å². The van der Waals surface area contributed by atoms with Crippen LogP contribution in [-0.4, -0.2) is 51.1 Å². The number of hydrogen-bond donors (Lipinski definition) is 5. The largest absolute Gasteiger partial charge is 0.497 e. The molecule has 4 aromatic heterocycles. The van der Waals surface area contributed by atoms with E-state index in [4.69, 9.17) is 38.4 Å². The molecular formula is C48H44Cl2N8O5. The first kappa shape index (κ1) is 45.2. The van der Waals surface area contributed by atoms with Crippen LogP contribution in [0.2, 0.25) is 10.3 Å². The van der Waals surface area contributed by atoms with Crippen LogP contribution in [0.3, 0.4) is 0 Å². The maximum Gasteiger partial charge on any atom is 0.339 e. The number of nitrogens with zero attached hydrogens (tertiary/aromatic N) is 4. The normalized spacial score (nSPS) is 10.5. The molecule has 1 amide bonds. The molecule has 0 atom stereocenters. The highest BCUT2D eigenvalue weighted by molar-refractivity contribution is 6.30. The predicted octanol–water partition coefficient (Wildman–Crippen LogP) is 10.5. The second-order valence-electron chi connectivity index (χ2n) is 14.0. The molecule has 13 nitrogen and oxygen atoms in total. The number of benzene rings is 4. The molecule has 4 heterocycles. The number of methoxy groups -OCH3 is 2. The molecule has 8 rings (SSSR count). The summed E-state index contributed by atoms with van der Waals surface area (Å²) in [6.07, 6.45) is 2.87. The van der Waals surface area contributed by atoms with Crippen molar-refractivity contribution >= 4 is 79.9 Å². The minimum Gasteiger partial charge on any atom is -0.497 e. The van der Waals surface area contributed by atoms with Crippen LogP contribution >= 0.6 is 23.2 Å². The second-order valence-corrected chi connectivity index (χ2v) is 14.7. The van der Waals surface area contributed by atoms with Gasteiger partial charge >= 0.3 is 5.97 Å². The Morgan fingerprint density at radius 2 is 1.10 bits per heavy atom. The van der Waals surface area contributed by atoms with Crippen molar-refractivity contribution in [2.45, 2.75) is 26.9 Å². The summed E-state index contributed by atoms with van der Waals surface area (Å²) in [4.78, 5) is 41.7. The zero-order chi connectivity index (χ0) is 44.9. The van der Waals surface area contributed by atoms with Gasteiger partial charge in [-0.25, -0.2) is 14.8 Å². The van der Waals surface area contributed by atoms with Gasteiger partial charge < -0.3 is 36.3 Å². The van der Waals surface area contributed by atoms with Crippen molar-refractivity contribution in [2.24, 2.45) is 5.73 Å². The van der Waals surface area contributed by atoms with E-state index in [2.05, 4.69) is 35.9 Å². The number of ether oxygens (including phenoxy) is 2. The van der Waals surface area contributed by atoms with Gasteiger partial charge in [0, 0.05) is 36.9 Å². The molecule has 8 aromatic rings. The molecule has 4 aromatic carbocycles. The standard InChI is InChI=1S/C24H21ClN4O2.C16H12ClN3O2.C8H11NO/c1-15-4-3-5-17(12-15)28-22-19(14-26-20-10-11-21(25)29-23(20)22)24(30)27-13-16-6-8-18(31-2)9-7-16;1-9-3-2-4-10(7-9)19-14-11(16(21)22)8-18-12-5-6-13(17)20-15(12)14;1-10-8-4-2-7(6-9)3-5-8/h3-12,14H,13H2,1-2H3,(H,26,28)(H,27,30);2-8H,1H3,(H,18,19)(H,21,22);2-5H,6,9H2,1H3. The minimum atomic E-state index is -1.08. The number of halogens is 2. The molecule has 0 aliphatic rings. The van der Waals surface area contributed by atoms with Gasteiger partial charge in [0.1, 0.15) is 38.4 Å². The molecule has 0 saturated heterocycles. The molecule has 63 heavy (non-hydrogen) atoms. The van der Waals surface area contributed by atoms with Crippen molar-refractivity contribution in [3.05, 3.63) is 177 Å². The topological polar surface area (TPSA) is 186 Å². The smallest absolute Gasteiger partial charge is 0.339 e. The third kappa shape index (κ3) is 12.2. The van der Waals surface area contributed by atoms with Crippen molar-refractivity contribution in [1.82, 2.24) is 25.3 Å². The molecule has 0 spiro atoms. The molecule has 0 aliphatic carbocycles. The van der Waals surface area contributed by atoms with Gasteiger partial charge in [0.25, 0.3) is 5.91 Å². The summed E-state index contributed by atoms with van der Waals surface area (Å²) in [5, 5.41) is 19.4. The summed E-state index contributed by atoms with van der Waals surface area (Å²) in [5.41, 5.74) is 14.8. The Morgan fingerprint density at radius 3 is 1.54 bits per heavy atom. The van der Waals surface area contributed by atoms with Crippen LogP contribution in [-0.2, 0) is 13.1 Å². The van der Waals surface area contributed by atoms with Crippen LogP contribution in [0.4, 0.5) is 22.7 Å². The molecule has 320 valence electrons. The minimum absolute atomic E-state index is 0.0452. The summed E-state index contributed by atoms with van der Waals surface area (Å²) in [6, 6.07) is 37.6. The number of carbonyl (C=O) groups is 2. The van der Waals surface area contributed by atoms with Crippen LogP contribution in [0.25, 0.3) is 22.1 Å². The van der Waals surface area contributed by atoms with Gasteiger partial charge in [0.2, 0.25) is 0 Å². The quantitative estimate of drug-likeness (QED) is 0.0775. The van der Waals surface area contributed by atoms with E-state index in [1.54, 1.807) is 44.7 Å². The lowest BCUT2D eigenvalue weighted by Crippen LogP contribution is -2.24. The Kier molecular flexibility index (Phi) is 15.4. The van der Waals surface area contributed by atoms with Crippen LogP contribution in [0.5, 0.6) is 11.5 Å². The molecule has 0 saturated carbocycles. The Hall–Kier alpha value is -7.32. The van der Waals surface area contributed by atoms with Gasteiger partial charge in [-0.15, -0.1) is 0 Å². The fourth-order valence-corrected chi connectivity index (χ4v) is 6.48. The first-order valence-electron chi connectivity index (χ1n) is 19.5. The van der Waals surface area contributed by atoms with Crippen molar-refractivity contribution < 1.29 is 24.2 Å². The maximum atomic E-state index is 13.1. The monoisotopic (exact) mass is 882 g/mol. The van der Waals surface area contributed by atoms with E-state index in [9.17, 15) is 14.7 Å². The summed E-state index contributed by atoms with van der Waals surface area (Å²) in [6.45, 7) is 4.92. The van der Waals surface area contributed by atoms with E-state index in [1.807, 2.05) is 111 Å². The highest BCUT2D eigenvalue weighted by Crippen LogP contribution is 2.31. The number of anilines is 4. The van der Waals surface area contributed by atoms with E-state index in [0.29, 0.717) is 57.2 Å². The third-order valence-electron chi connectivity index (χ3n) is 9.41. The molecule has 0 radical (unpaired) electrons. The van der Waals surface area contributed by atoms with Crippen molar-refractivity contribution in [3.8, 4) is 11.5 Å². The van der Waals surface area contributed by atoms with Crippen LogP contribution < -0.4 is 31.2 Å². The summed E-state index contributed by atoms with van der Waals surface area (Å²) in [5.74, 6) is 0.298. The molecule has 15 heteroatoms. The van der Waals surface area contributed by atoms with E-state index >= 15 is 0 Å². The molecule has 0 bridgehead atoms. The Labute approximate surface area is 374 Å². The van der Waals surface area contributed by atoms with Crippen molar-refractivity contribution in [1.29, 1.82) is 0 Å². The number of hydrogen-bond acceptors (Lipinski definition) is 11. The number of aromatic nitrogens is 4. The number of carbonyl (C=O) groups excluding carboxylic acids is 1.